The summed E-state index contributed by atoms with van der Waals surface area (Å²) in [5, 5.41) is 16.4. The van der Waals surface area contributed by atoms with Crippen LogP contribution in [0.4, 0.5) is 17.1 Å². The molecule has 3 aromatic rings. The van der Waals surface area contributed by atoms with Crippen molar-refractivity contribution in [3.63, 3.8) is 0 Å². The average Bonchev–Trinajstić information content (AvgIpc) is 2.70. The molecule has 0 atom stereocenters. The summed E-state index contributed by atoms with van der Waals surface area (Å²) in [5.74, 6) is -0.797. The van der Waals surface area contributed by atoms with Gasteiger partial charge in [0.05, 0.1) is 10.6 Å². The predicted molar refractivity (Wildman–Crippen MR) is 115 cm³/mol. The number of halogens is 2. The number of nitrogens with one attached hydrogen (secondary N) is 2. The van der Waals surface area contributed by atoms with Gasteiger partial charge in [0.1, 0.15) is 5.02 Å². The summed E-state index contributed by atoms with van der Waals surface area (Å²) in [5.41, 5.74) is 1.23. The van der Waals surface area contributed by atoms with Crippen molar-refractivity contribution >= 4 is 56.4 Å². The standard InChI is InChI=1S/C20H13BrClN3O4/c21-15-11-14(7-9-17(15)24-19(26)12-4-2-1-3-5-12)23-20(27)13-6-8-16(22)18(10-13)25(28)29/h1-11H,(H,23,27)(H,24,26). The Balaban J connectivity index is 1.73. The lowest BCUT2D eigenvalue weighted by Gasteiger charge is -2.11. The summed E-state index contributed by atoms with van der Waals surface area (Å²) >= 11 is 9.13. The number of nitrogens with zero attached hydrogens (tertiary/aromatic N) is 1. The minimum Gasteiger partial charge on any atom is -0.322 e. The second kappa shape index (κ2) is 8.85. The number of carbonyl (C=O) groups excluding carboxylic acids is 2. The number of hydrogen-bond donors (Lipinski definition) is 2. The number of amides is 2. The van der Waals surface area contributed by atoms with Gasteiger partial charge in [0.15, 0.2) is 0 Å². The summed E-state index contributed by atoms with van der Waals surface area (Å²) in [6.45, 7) is 0. The van der Waals surface area contributed by atoms with Crippen LogP contribution in [-0.4, -0.2) is 16.7 Å². The molecule has 0 saturated heterocycles. The predicted octanol–water partition coefficient (Wildman–Crippen LogP) is 5.52. The zero-order valence-corrected chi connectivity index (χ0v) is 17.0. The fraction of sp³-hybridized carbons (Fsp3) is 0. The first-order chi connectivity index (χ1) is 13.8. The van der Waals surface area contributed by atoms with Crippen LogP contribution in [0.25, 0.3) is 0 Å². The van der Waals surface area contributed by atoms with Gasteiger partial charge in [0, 0.05) is 27.4 Å². The molecule has 3 rings (SSSR count). The molecule has 0 aromatic heterocycles. The summed E-state index contributed by atoms with van der Waals surface area (Å²) in [6.07, 6.45) is 0. The molecular weight excluding hydrogens is 462 g/mol. The van der Waals surface area contributed by atoms with E-state index in [1.165, 1.54) is 12.1 Å². The zero-order valence-electron chi connectivity index (χ0n) is 14.7. The molecule has 0 aliphatic carbocycles. The highest BCUT2D eigenvalue weighted by Crippen LogP contribution is 2.28. The Kier molecular flexibility index (Phi) is 6.26. The van der Waals surface area contributed by atoms with E-state index in [0.717, 1.165) is 6.07 Å². The molecule has 0 spiro atoms. The lowest BCUT2D eigenvalue weighted by molar-refractivity contribution is -0.384. The Morgan fingerprint density at radius 2 is 1.59 bits per heavy atom. The van der Waals surface area contributed by atoms with Crippen molar-refractivity contribution in [3.05, 3.63) is 97.5 Å². The summed E-state index contributed by atoms with van der Waals surface area (Å²) in [6, 6.07) is 17.4. The molecule has 2 amide bonds. The van der Waals surface area contributed by atoms with E-state index >= 15 is 0 Å². The average molecular weight is 475 g/mol. The molecule has 29 heavy (non-hydrogen) atoms. The molecular formula is C20H13BrClN3O4. The smallest absolute Gasteiger partial charge is 0.288 e. The lowest BCUT2D eigenvalue weighted by Crippen LogP contribution is -2.14. The third kappa shape index (κ3) is 4.98. The van der Waals surface area contributed by atoms with Crippen LogP contribution in [0, 0.1) is 10.1 Å². The van der Waals surface area contributed by atoms with E-state index in [1.807, 2.05) is 6.07 Å². The first-order valence-electron chi connectivity index (χ1n) is 8.26. The molecule has 0 heterocycles. The van der Waals surface area contributed by atoms with E-state index < -0.39 is 10.8 Å². The Bertz CT molecular complexity index is 1110. The summed E-state index contributed by atoms with van der Waals surface area (Å²) < 4.78 is 0.557. The number of benzene rings is 3. The van der Waals surface area contributed by atoms with Gasteiger partial charge >= 0.3 is 0 Å². The maximum absolute atomic E-state index is 12.4. The first kappa shape index (κ1) is 20.5. The van der Waals surface area contributed by atoms with E-state index in [-0.39, 0.29) is 22.2 Å². The van der Waals surface area contributed by atoms with Crippen molar-refractivity contribution in [2.24, 2.45) is 0 Å². The second-order valence-corrected chi connectivity index (χ2v) is 7.15. The summed E-state index contributed by atoms with van der Waals surface area (Å²) in [4.78, 5) is 35.0. The van der Waals surface area contributed by atoms with E-state index in [4.69, 9.17) is 11.6 Å². The zero-order chi connectivity index (χ0) is 21.0. The normalized spacial score (nSPS) is 10.3. The Hall–Kier alpha value is -3.23. The molecule has 0 unspecified atom stereocenters. The second-order valence-electron chi connectivity index (χ2n) is 5.89. The van der Waals surface area contributed by atoms with Crippen molar-refractivity contribution in [1.29, 1.82) is 0 Å². The van der Waals surface area contributed by atoms with Crippen molar-refractivity contribution in [1.82, 2.24) is 0 Å². The molecule has 146 valence electrons. The largest absolute Gasteiger partial charge is 0.322 e. The number of nitro groups is 1. The van der Waals surface area contributed by atoms with E-state index in [2.05, 4.69) is 26.6 Å². The Labute approximate surface area is 179 Å². The van der Waals surface area contributed by atoms with Crippen LogP contribution >= 0.6 is 27.5 Å². The van der Waals surface area contributed by atoms with Crippen molar-refractivity contribution in [2.75, 3.05) is 10.6 Å². The fourth-order valence-corrected chi connectivity index (χ4v) is 3.14. The Morgan fingerprint density at radius 1 is 0.897 bits per heavy atom. The molecule has 2 N–H and O–H groups in total. The van der Waals surface area contributed by atoms with Crippen LogP contribution in [0.3, 0.4) is 0 Å². The van der Waals surface area contributed by atoms with Crippen LogP contribution < -0.4 is 10.6 Å². The van der Waals surface area contributed by atoms with Gasteiger partial charge in [-0.25, -0.2) is 0 Å². The lowest BCUT2D eigenvalue weighted by atomic mass is 10.1. The minimum absolute atomic E-state index is 0.0483. The van der Waals surface area contributed by atoms with Gasteiger partial charge in [-0.1, -0.05) is 29.8 Å². The maximum Gasteiger partial charge on any atom is 0.288 e. The van der Waals surface area contributed by atoms with Gasteiger partial charge < -0.3 is 10.6 Å². The topological polar surface area (TPSA) is 101 Å². The maximum atomic E-state index is 12.4. The van der Waals surface area contributed by atoms with Gasteiger partial charge in [0.25, 0.3) is 17.5 Å². The van der Waals surface area contributed by atoms with Crippen LogP contribution in [0.2, 0.25) is 5.02 Å². The third-order valence-electron chi connectivity index (χ3n) is 3.92. The number of rotatable bonds is 5. The summed E-state index contributed by atoms with van der Waals surface area (Å²) in [7, 11) is 0. The molecule has 0 saturated carbocycles. The molecule has 0 radical (unpaired) electrons. The molecule has 0 bridgehead atoms. The highest BCUT2D eigenvalue weighted by molar-refractivity contribution is 9.10. The monoisotopic (exact) mass is 473 g/mol. The van der Waals surface area contributed by atoms with E-state index in [9.17, 15) is 19.7 Å². The van der Waals surface area contributed by atoms with Crippen LogP contribution in [0.15, 0.2) is 71.2 Å². The van der Waals surface area contributed by atoms with E-state index in [1.54, 1.807) is 42.5 Å². The molecule has 0 aliphatic rings. The fourth-order valence-electron chi connectivity index (χ4n) is 2.48. The molecule has 0 aliphatic heterocycles. The Morgan fingerprint density at radius 3 is 2.24 bits per heavy atom. The van der Waals surface area contributed by atoms with Gasteiger partial charge in [-0.05, 0) is 58.4 Å². The minimum atomic E-state index is -0.653. The van der Waals surface area contributed by atoms with Crippen LogP contribution in [-0.2, 0) is 0 Å². The van der Waals surface area contributed by atoms with Crippen molar-refractivity contribution < 1.29 is 14.5 Å². The number of hydrogen-bond acceptors (Lipinski definition) is 4. The number of nitro benzene ring substituents is 1. The third-order valence-corrected chi connectivity index (χ3v) is 4.89. The number of carbonyl (C=O) groups is 2. The van der Waals surface area contributed by atoms with Crippen molar-refractivity contribution in [3.8, 4) is 0 Å². The molecule has 9 heteroatoms. The van der Waals surface area contributed by atoms with Crippen LogP contribution in [0.5, 0.6) is 0 Å². The SMILES string of the molecule is O=C(Nc1ccc(NC(=O)c2ccccc2)c(Br)c1)c1ccc(Cl)c([N+](=O)[O-])c1. The van der Waals surface area contributed by atoms with Crippen molar-refractivity contribution in [2.45, 2.75) is 0 Å². The molecule has 7 nitrogen and oxygen atoms in total. The van der Waals surface area contributed by atoms with Crippen LogP contribution in [0.1, 0.15) is 20.7 Å². The van der Waals surface area contributed by atoms with E-state index in [0.29, 0.717) is 21.4 Å². The highest BCUT2D eigenvalue weighted by Gasteiger charge is 2.17. The quantitative estimate of drug-likeness (QED) is 0.376. The van der Waals surface area contributed by atoms with Gasteiger partial charge in [0.2, 0.25) is 0 Å². The van der Waals surface area contributed by atoms with Gasteiger partial charge in [-0.2, -0.15) is 0 Å². The highest BCUT2D eigenvalue weighted by atomic mass is 79.9. The molecule has 3 aromatic carbocycles. The number of anilines is 2. The van der Waals surface area contributed by atoms with Gasteiger partial charge in [-0.15, -0.1) is 0 Å². The van der Waals surface area contributed by atoms with Gasteiger partial charge in [-0.3, -0.25) is 19.7 Å². The first-order valence-corrected chi connectivity index (χ1v) is 9.43. The molecule has 0 fully saturated rings.